The van der Waals surface area contributed by atoms with E-state index in [1.807, 2.05) is 12.1 Å². The molecule has 2 rings (SSSR count). The third-order valence-electron chi connectivity index (χ3n) is 4.33. The molecule has 0 radical (unpaired) electrons. The van der Waals surface area contributed by atoms with Crippen LogP contribution in [0.25, 0.3) is 0 Å². The largest absolute Gasteiger partial charge is 0.350 e. The number of benzene rings is 1. The second-order valence-electron chi connectivity index (χ2n) is 7.14. The zero-order valence-corrected chi connectivity index (χ0v) is 17.1. The number of amides is 3. The van der Waals surface area contributed by atoms with E-state index < -0.39 is 0 Å². The van der Waals surface area contributed by atoms with Crippen molar-refractivity contribution in [3.05, 3.63) is 34.3 Å². The third kappa shape index (κ3) is 7.33. The van der Waals surface area contributed by atoms with Gasteiger partial charge in [-0.3, -0.25) is 4.79 Å². The van der Waals surface area contributed by atoms with Gasteiger partial charge in [-0.15, -0.1) is 0 Å². The van der Waals surface area contributed by atoms with E-state index in [2.05, 4.69) is 50.6 Å². The molecular formula is C19H29BrN4O2. The van der Waals surface area contributed by atoms with Gasteiger partial charge in [-0.25, -0.2) is 4.79 Å². The van der Waals surface area contributed by atoms with Crippen molar-refractivity contribution in [1.29, 1.82) is 0 Å². The van der Waals surface area contributed by atoms with Crippen LogP contribution >= 0.6 is 15.9 Å². The number of rotatable bonds is 7. The van der Waals surface area contributed by atoms with E-state index >= 15 is 0 Å². The molecule has 0 spiro atoms. The molecule has 0 bridgehead atoms. The van der Waals surface area contributed by atoms with Crippen molar-refractivity contribution < 1.29 is 9.59 Å². The highest BCUT2D eigenvalue weighted by Crippen LogP contribution is 2.12. The number of nitrogens with zero attached hydrogens (tertiary/aromatic N) is 1. The Labute approximate surface area is 164 Å². The van der Waals surface area contributed by atoms with Crippen LogP contribution in [0.3, 0.4) is 0 Å². The van der Waals surface area contributed by atoms with Gasteiger partial charge in [0.25, 0.3) is 5.91 Å². The van der Waals surface area contributed by atoms with Gasteiger partial charge in [-0.05, 0) is 37.0 Å². The first-order chi connectivity index (χ1) is 12.4. The number of carbonyl (C=O) groups excluding carboxylic acids is 2. The molecule has 3 amide bonds. The summed E-state index contributed by atoms with van der Waals surface area (Å²) in [4.78, 5) is 26.4. The maximum Gasteiger partial charge on any atom is 0.315 e. The Morgan fingerprint density at radius 3 is 2.54 bits per heavy atom. The first-order valence-electron chi connectivity index (χ1n) is 9.24. The summed E-state index contributed by atoms with van der Waals surface area (Å²) in [6.07, 6.45) is 1.97. The summed E-state index contributed by atoms with van der Waals surface area (Å²) in [5.74, 6) is 0.529. The summed E-state index contributed by atoms with van der Waals surface area (Å²) in [6.45, 7) is 8.44. The molecule has 1 aromatic rings. The molecule has 0 atom stereocenters. The van der Waals surface area contributed by atoms with Crippen LogP contribution in [0, 0.1) is 5.92 Å². The second kappa shape index (κ2) is 10.5. The highest BCUT2D eigenvalue weighted by Gasteiger charge is 2.20. The van der Waals surface area contributed by atoms with Crippen LogP contribution in [0.4, 0.5) is 4.79 Å². The predicted octanol–water partition coefficient (Wildman–Crippen LogP) is 2.60. The van der Waals surface area contributed by atoms with Gasteiger partial charge in [0.1, 0.15) is 0 Å². The minimum Gasteiger partial charge on any atom is -0.350 e. The van der Waals surface area contributed by atoms with Crippen LogP contribution in [0.15, 0.2) is 28.7 Å². The van der Waals surface area contributed by atoms with Crippen LogP contribution < -0.4 is 16.0 Å². The van der Waals surface area contributed by atoms with Crippen LogP contribution in [0.1, 0.15) is 37.0 Å². The first-order valence-corrected chi connectivity index (χ1v) is 10.0. The van der Waals surface area contributed by atoms with Crippen LogP contribution in [-0.4, -0.2) is 55.6 Å². The van der Waals surface area contributed by atoms with Crippen LogP contribution in [-0.2, 0) is 0 Å². The zero-order chi connectivity index (χ0) is 18.9. The Hall–Kier alpha value is -1.60. The Bertz CT molecular complexity index is 601. The Balaban J connectivity index is 1.59. The normalized spacial score (nSPS) is 15.7. The van der Waals surface area contributed by atoms with Gasteiger partial charge >= 0.3 is 6.03 Å². The summed E-state index contributed by atoms with van der Waals surface area (Å²) in [6, 6.07) is 7.28. The molecule has 0 aliphatic carbocycles. The Kier molecular flexibility index (Phi) is 8.38. The second-order valence-corrected chi connectivity index (χ2v) is 8.05. The highest BCUT2D eigenvalue weighted by molar-refractivity contribution is 9.10. The number of carbonyl (C=O) groups is 2. The van der Waals surface area contributed by atoms with Gasteiger partial charge in [-0.2, -0.15) is 0 Å². The molecule has 0 aromatic heterocycles. The Morgan fingerprint density at radius 1 is 1.19 bits per heavy atom. The molecule has 6 nitrogen and oxygen atoms in total. The molecule has 1 saturated heterocycles. The summed E-state index contributed by atoms with van der Waals surface area (Å²) >= 11 is 3.35. The average molecular weight is 425 g/mol. The van der Waals surface area contributed by atoms with E-state index in [0.717, 1.165) is 36.9 Å². The minimum atomic E-state index is -0.163. The molecule has 0 unspecified atom stereocenters. The maximum absolute atomic E-state index is 12.0. The van der Waals surface area contributed by atoms with E-state index in [1.54, 1.807) is 12.1 Å². The number of nitrogens with one attached hydrogen (secondary N) is 3. The number of halogens is 1. The monoisotopic (exact) mass is 424 g/mol. The quantitative estimate of drug-likeness (QED) is 0.588. The number of urea groups is 1. The molecule has 26 heavy (non-hydrogen) atoms. The Morgan fingerprint density at radius 2 is 1.88 bits per heavy atom. The summed E-state index contributed by atoms with van der Waals surface area (Å²) in [7, 11) is 0. The standard InChI is InChI=1S/C19H29BrN4O2/c1-14(2)13-24-10-6-17(7-11-24)23-19(26)22-9-8-21-18(25)15-4-3-5-16(20)12-15/h3-5,12,14,17H,6-11,13H2,1-2H3,(H,21,25)(H2,22,23,26). The number of piperidine rings is 1. The van der Waals surface area contributed by atoms with Gasteiger partial charge in [0.2, 0.25) is 0 Å². The molecular weight excluding hydrogens is 396 g/mol. The fourth-order valence-electron chi connectivity index (χ4n) is 3.10. The van der Waals surface area contributed by atoms with Crippen LogP contribution in [0.5, 0.6) is 0 Å². The molecule has 3 N–H and O–H groups in total. The number of hydrogen-bond donors (Lipinski definition) is 3. The van der Waals surface area contributed by atoms with Crippen LogP contribution in [0.2, 0.25) is 0 Å². The van der Waals surface area contributed by atoms with Gasteiger partial charge < -0.3 is 20.9 Å². The minimum absolute atomic E-state index is 0.147. The summed E-state index contributed by atoms with van der Waals surface area (Å²) in [5, 5.41) is 8.63. The van der Waals surface area contributed by atoms with E-state index in [4.69, 9.17) is 0 Å². The predicted molar refractivity (Wildman–Crippen MR) is 107 cm³/mol. The zero-order valence-electron chi connectivity index (χ0n) is 15.6. The molecule has 0 saturated carbocycles. The summed E-state index contributed by atoms with van der Waals surface area (Å²) in [5.41, 5.74) is 0.594. The smallest absolute Gasteiger partial charge is 0.315 e. The fourth-order valence-corrected chi connectivity index (χ4v) is 3.50. The first kappa shape index (κ1) is 20.7. The highest BCUT2D eigenvalue weighted by atomic mass is 79.9. The van der Waals surface area contributed by atoms with Crippen molar-refractivity contribution in [2.45, 2.75) is 32.7 Å². The lowest BCUT2D eigenvalue weighted by atomic mass is 10.0. The van der Waals surface area contributed by atoms with Crippen molar-refractivity contribution in [2.75, 3.05) is 32.7 Å². The van der Waals surface area contributed by atoms with Crippen molar-refractivity contribution in [3.63, 3.8) is 0 Å². The van der Waals surface area contributed by atoms with Crippen molar-refractivity contribution in [3.8, 4) is 0 Å². The fraction of sp³-hybridized carbons (Fsp3) is 0.579. The lowest BCUT2D eigenvalue weighted by Gasteiger charge is -2.33. The maximum atomic E-state index is 12.0. The van der Waals surface area contributed by atoms with Crippen molar-refractivity contribution in [1.82, 2.24) is 20.9 Å². The van der Waals surface area contributed by atoms with Gasteiger partial charge in [0.15, 0.2) is 0 Å². The molecule has 1 aliphatic rings. The van der Waals surface area contributed by atoms with E-state index in [9.17, 15) is 9.59 Å². The number of likely N-dealkylation sites (tertiary alicyclic amines) is 1. The van der Waals surface area contributed by atoms with E-state index in [0.29, 0.717) is 24.6 Å². The third-order valence-corrected chi connectivity index (χ3v) is 4.82. The van der Waals surface area contributed by atoms with Gasteiger partial charge in [0.05, 0.1) is 0 Å². The lowest BCUT2D eigenvalue weighted by molar-refractivity contribution is 0.0953. The van der Waals surface area contributed by atoms with E-state index in [-0.39, 0.29) is 18.0 Å². The molecule has 1 heterocycles. The van der Waals surface area contributed by atoms with Gasteiger partial charge in [0, 0.05) is 48.8 Å². The van der Waals surface area contributed by atoms with E-state index in [1.165, 1.54) is 0 Å². The summed E-state index contributed by atoms with van der Waals surface area (Å²) < 4.78 is 0.863. The van der Waals surface area contributed by atoms with Gasteiger partial charge in [-0.1, -0.05) is 35.8 Å². The van der Waals surface area contributed by atoms with Crippen molar-refractivity contribution >= 4 is 27.9 Å². The lowest BCUT2D eigenvalue weighted by Crippen LogP contribution is -2.49. The average Bonchev–Trinajstić information content (AvgIpc) is 2.60. The number of hydrogen-bond acceptors (Lipinski definition) is 3. The van der Waals surface area contributed by atoms with Crippen molar-refractivity contribution in [2.24, 2.45) is 5.92 Å². The molecule has 7 heteroatoms. The molecule has 1 fully saturated rings. The topological polar surface area (TPSA) is 73.5 Å². The molecule has 144 valence electrons. The molecule has 1 aromatic carbocycles. The molecule has 1 aliphatic heterocycles. The SMILES string of the molecule is CC(C)CN1CCC(NC(=O)NCCNC(=O)c2cccc(Br)c2)CC1.